The fourth-order valence-electron chi connectivity index (χ4n) is 4.09. The lowest BCUT2D eigenvalue weighted by molar-refractivity contribution is 0.0939. The number of benzene rings is 3. The van der Waals surface area contributed by atoms with Crippen LogP contribution in [0.25, 0.3) is 0 Å². The molecule has 0 fully saturated rings. The van der Waals surface area contributed by atoms with E-state index in [2.05, 4.69) is 22.2 Å². The smallest absolute Gasteiger partial charge is 0.263 e. The molecule has 4 rings (SSSR count). The summed E-state index contributed by atoms with van der Waals surface area (Å²) in [7, 11) is -3.98. The molecule has 7 heteroatoms. The van der Waals surface area contributed by atoms with Crippen LogP contribution < -0.4 is 10.0 Å². The second-order valence-electron chi connectivity index (χ2n) is 8.63. The molecule has 0 radical (unpaired) electrons. The van der Waals surface area contributed by atoms with Gasteiger partial charge in [0.2, 0.25) is 0 Å². The summed E-state index contributed by atoms with van der Waals surface area (Å²) in [6.07, 6.45) is 3.34. The number of sulfonamides is 1. The molecular weight excluding hydrogens is 456 g/mol. The summed E-state index contributed by atoms with van der Waals surface area (Å²) in [4.78, 5) is 12.8. The highest BCUT2D eigenvalue weighted by atomic mass is 35.5. The van der Waals surface area contributed by atoms with Gasteiger partial charge in [0.25, 0.3) is 15.9 Å². The number of anilines is 1. The molecule has 0 spiro atoms. The number of fused-ring (bicyclic) bond motifs is 1. The number of aryl methyl sites for hydroxylation is 4. The molecule has 3 aromatic rings. The first-order valence-electron chi connectivity index (χ1n) is 11.0. The minimum Gasteiger partial charge on any atom is -0.346 e. The van der Waals surface area contributed by atoms with Crippen molar-refractivity contribution >= 4 is 33.2 Å². The quantitative estimate of drug-likeness (QED) is 0.470. The molecule has 0 saturated carbocycles. The van der Waals surface area contributed by atoms with E-state index < -0.39 is 10.0 Å². The van der Waals surface area contributed by atoms with Crippen molar-refractivity contribution in [3.63, 3.8) is 0 Å². The van der Waals surface area contributed by atoms with Crippen LogP contribution in [0.5, 0.6) is 0 Å². The standard InChI is InChI=1S/C26H27ClN2O3S/c1-16-7-11-23(13-17(16)2)29-33(31,32)25-15-22(10-12-24(25)27)26(30)28-18(3)20-9-8-19-5-4-6-21(19)14-20/h7-15,18,29H,4-6H2,1-3H3,(H,28,30). The molecule has 0 aromatic heterocycles. The maximum Gasteiger partial charge on any atom is 0.263 e. The van der Waals surface area contributed by atoms with Gasteiger partial charge < -0.3 is 5.32 Å². The Morgan fingerprint density at radius 3 is 2.45 bits per heavy atom. The molecule has 0 aliphatic heterocycles. The lowest BCUT2D eigenvalue weighted by atomic mass is 10.0. The largest absolute Gasteiger partial charge is 0.346 e. The van der Waals surface area contributed by atoms with Crippen molar-refractivity contribution in [1.82, 2.24) is 5.32 Å². The Labute approximate surface area is 200 Å². The summed E-state index contributed by atoms with van der Waals surface area (Å²) in [6.45, 7) is 5.78. The maximum absolute atomic E-state index is 13.0. The maximum atomic E-state index is 13.0. The van der Waals surface area contributed by atoms with Crippen molar-refractivity contribution in [2.75, 3.05) is 4.72 Å². The summed E-state index contributed by atoms with van der Waals surface area (Å²) in [5, 5.41) is 3.02. The van der Waals surface area contributed by atoms with Crippen molar-refractivity contribution in [3.8, 4) is 0 Å². The van der Waals surface area contributed by atoms with Gasteiger partial charge in [-0.1, -0.05) is 35.9 Å². The first kappa shape index (κ1) is 23.3. The molecule has 1 atom stereocenters. The fourth-order valence-corrected chi connectivity index (χ4v) is 5.67. The molecule has 0 heterocycles. The average Bonchev–Trinajstić information content (AvgIpc) is 3.24. The Morgan fingerprint density at radius 1 is 0.939 bits per heavy atom. The van der Waals surface area contributed by atoms with Crippen LogP contribution >= 0.6 is 11.6 Å². The number of hydrogen-bond acceptors (Lipinski definition) is 3. The summed E-state index contributed by atoms with van der Waals surface area (Å²) >= 11 is 6.21. The van der Waals surface area contributed by atoms with Crippen LogP contribution in [0.1, 0.15) is 57.6 Å². The molecular formula is C26H27ClN2O3S. The summed E-state index contributed by atoms with van der Waals surface area (Å²) in [5.41, 5.74) is 6.44. The van der Waals surface area contributed by atoms with Gasteiger partial charge in [-0.05, 0) is 98.2 Å². The molecule has 0 saturated heterocycles. The highest BCUT2D eigenvalue weighted by molar-refractivity contribution is 7.92. The Hall–Kier alpha value is -2.83. The van der Waals surface area contributed by atoms with Gasteiger partial charge in [0, 0.05) is 11.3 Å². The van der Waals surface area contributed by atoms with Gasteiger partial charge in [-0.15, -0.1) is 0 Å². The molecule has 3 aromatic carbocycles. The minimum atomic E-state index is -3.98. The van der Waals surface area contributed by atoms with E-state index in [1.165, 1.54) is 29.3 Å². The predicted octanol–water partition coefficient (Wildman–Crippen LogP) is 5.74. The third-order valence-electron chi connectivity index (χ3n) is 6.21. The van der Waals surface area contributed by atoms with Gasteiger partial charge in [-0.25, -0.2) is 8.42 Å². The number of carbonyl (C=O) groups is 1. The van der Waals surface area contributed by atoms with Crippen LogP contribution in [0.2, 0.25) is 5.02 Å². The van der Waals surface area contributed by atoms with E-state index in [1.54, 1.807) is 12.1 Å². The summed E-state index contributed by atoms with van der Waals surface area (Å²) in [6, 6.07) is 15.7. The number of hydrogen-bond donors (Lipinski definition) is 2. The van der Waals surface area contributed by atoms with Crippen LogP contribution in [0.4, 0.5) is 5.69 Å². The van der Waals surface area contributed by atoms with Gasteiger partial charge in [-0.2, -0.15) is 0 Å². The molecule has 1 amide bonds. The van der Waals surface area contributed by atoms with Crippen molar-refractivity contribution in [3.05, 3.63) is 93.0 Å². The summed E-state index contributed by atoms with van der Waals surface area (Å²) in [5.74, 6) is -0.359. The van der Waals surface area contributed by atoms with Crippen molar-refractivity contribution in [2.45, 2.75) is 51.0 Å². The molecule has 172 valence electrons. The zero-order chi connectivity index (χ0) is 23.8. The Morgan fingerprint density at radius 2 is 1.70 bits per heavy atom. The van der Waals surface area contributed by atoms with Crippen molar-refractivity contribution in [2.24, 2.45) is 0 Å². The molecule has 1 unspecified atom stereocenters. The van der Waals surface area contributed by atoms with Gasteiger partial charge in [0.15, 0.2) is 0 Å². The normalized spacial score (nSPS) is 13.9. The second-order valence-corrected chi connectivity index (χ2v) is 10.7. The minimum absolute atomic E-state index is 0.0505. The monoisotopic (exact) mass is 482 g/mol. The first-order chi connectivity index (χ1) is 15.6. The van der Waals surface area contributed by atoms with Crippen LogP contribution in [0, 0.1) is 13.8 Å². The van der Waals surface area contributed by atoms with E-state index in [1.807, 2.05) is 32.9 Å². The number of amides is 1. The van der Waals surface area contributed by atoms with E-state index >= 15 is 0 Å². The molecule has 33 heavy (non-hydrogen) atoms. The van der Waals surface area contributed by atoms with Crippen molar-refractivity contribution in [1.29, 1.82) is 0 Å². The molecule has 1 aliphatic rings. The predicted molar refractivity (Wildman–Crippen MR) is 133 cm³/mol. The number of carbonyl (C=O) groups excluding carboxylic acids is 1. The Kier molecular flexibility index (Phi) is 6.50. The first-order valence-corrected chi connectivity index (χ1v) is 12.8. The van der Waals surface area contributed by atoms with Gasteiger partial charge in [0.1, 0.15) is 4.90 Å². The number of nitrogens with one attached hydrogen (secondary N) is 2. The van der Waals surface area contributed by atoms with E-state index in [-0.39, 0.29) is 27.4 Å². The van der Waals surface area contributed by atoms with Gasteiger partial charge in [0.05, 0.1) is 11.1 Å². The Balaban J connectivity index is 1.54. The van der Waals surface area contributed by atoms with Crippen molar-refractivity contribution < 1.29 is 13.2 Å². The Bertz CT molecular complexity index is 1340. The number of rotatable bonds is 6. The second kappa shape index (κ2) is 9.20. The van der Waals surface area contributed by atoms with Gasteiger partial charge in [-0.3, -0.25) is 9.52 Å². The summed E-state index contributed by atoms with van der Waals surface area (Å²) < 4.78 is 28.6. The van der Waals surface area contributed by atoms with Crippen LogP contribution in [-0.4, -0.2) is 14.3 Å². The topological polar surface area (TPSA) is 75.3 Å². The highest BCUT2D eigenvalue weighted by Crippen LogP contribution is 2.28. The zero-order valence-electron chi connectivity index (χ0n) is 18.9. The molecule has 1 aliphatic carbocycles. The third-order valence-corrected chi connectivity index (χ3v) is 8.08. The van der Waals surface area contributed by atoms with E-state index in [9.17, 15) is 13.2 Å². The SMILES string of the molecule is Cc1ccc(NS(=O)(=O)c2cc(C(=O)NC(C)c3ccc4c(c3)CCC4)ccc2Cl)cc1C. The highest BCUT2D eigenvalue weighted by Gasteiger charge is 2.22. The van der Waals surface area contributed by atoms with Crippen LogP contribution in [0.3, 0.4) is 0 Å². The molecule has 0 bridgehead atoms. The fraction of sp³-hybridized carbons (Fsp3) is 0.269. The lowest BCUT2D eigenvalue weighted by Crippen LogP contribution is -2.27. The lowest BCUT2D eigenvalue weighted by Gasteiger charge is -2.17. The number of halogens is 1. The molecule has 2 N–H and O–H groups in total. The van der Waals surface area contributed by atoms with E-state index in [0.29, 0.717) is 5.69 Å². The third kappa shape index (κ3) is 5.07. The van der Waals surface area contributed by atoms with Crippen LogP contribution in [0.15, 0.2) is 59.5 Å². The van der Waals surface area contributed by atoms with E-state index in [4.69, 9.17) is 11.6 Å². The zero-order valence-corrected chi connectivity index (χ0v) is 20.5. The van der Waals surface area contributed by atoms with Crippen LogP contribution in [-0.2, 0) is 22.9 Å². The van der Waals surface area contributed by atoms with E-state index in [0.717, 1.165) is 36.0 Å². The average molecular weight is 483 g/mol. The molecule has 5 nitrogen and oxygen atoms in total. The van der Waals surface area contributed by atoms with Gasteiger partial charge >= 0.3 is 0 Å².